The van der Waals surface area contributed by atoms with Crippen molar-refractivity contribution < 1.29 is 9.53 Å². The van der Waals surface area contributed by atoms with Crippen molar-refractivity contribution in [3.05, 3.63) is 0 Å². The first-order valence-corrected chi connectivity index (χ1v) is 5.38. The number of nitrogens with zero attached hydrogens (tertiary/aromatic N) is 1. The van der Waals surface area contributed by atoms with Gasteiger partial charge in [0.05, 0.1) is 13.2 Å². The molecule has 0 saturated carbocycles. The van der Waals surface area contributed by atoms with E-state index in [0.29, 0.717) is 18.1 Å². The lowest BCUT2D eigenvalue weighted by atomic mass is 9.70. The van der Waals surface area contributed by atoms with E-state index in [4.69, 9.17) is 4.74 Å². The van der Waals surface area contributed by atoms with E-state index < -0.39 is 0 Å². The lowest BCUT2D eigenvalue weighted by Crippen LogP contribution is -2.50. The Labute approximate surface area is 85.4 Å². The van der Waals surface area contributed by atoms with Gasteiger partial charge < -0.3 is 14.4 Å². The first kappa shape index (κ1) is 10.1. The molecule has 0 aliphatic carbocycles. The summed E-state index contributed by atoms with van der Waals surface area (Å²) >= 11 is 0. The third-order valence-electron chi connectivity index (χ3n) is 3.64. The van der Waals surface area contributed by atoms with Gasteiger partial charge in [-0.25, -0.2) is 0 Å². The number of carbonyl (C=O) groups is 1. The molecule has 0 amide bonds. The summed E-state index contributed by atoms with van der Waals surface area (Å²) in [7, 11) is 2.15. The molecule has 0 N–H and O–H groups in total. The van der Waals surface area contributed by atoms with Crippen molar-refractivity contribution in [1.82, 2.24) is 4.90 Å². The highest BCUT2D eigenvalue weighted by Crippen LogP contribution is 2.43. The molecule has 2 aliphatic rings. The Morgan fingerprint density at radius 1 is 1.57 bits per heavy atom. The summed E-state index contributed by atoms with van der Waals surface area (Å²) in [6, 6.07) is 0. The van der Waals surface area contributed by atoms with Gasteiger partial charge in [0.25, 0.3) is 0 Å². The molecule has 3 heteroatoms. The lowest BCUT2D eigenvalue weighted by Gasteiger charge is -2.45. The molecule has 0 spiro atoms. The first-order chi connectivity index (χ1) is 6.62. The third-order valence-corrected chi connectivity index (χ3v) is 3.64. The summed E-state index contributed by atoms with van der Waals surface area (Å²) in [5.41, 5.74) is 0.191. The number of likely N-dealkylation sites (tertiary alicyclic amines) is 1. The number of ether oxygens (including phenoxy) is 1. The summed E-state index contributed by atoms with van der Waals surface area (Å²) in [5.74, 6) is 0.980. The van der Waals surface area contributed by atoms with Gasteiger partial charge in [-0.1, -0.05) is 0 Å². The van der Waals surface area contributed by atoms with Crippen molar-refractivity contribution in [2.45, 2.75) is 19.8 Å². The minimum atomic E-state index is 0.191. The Balaban J connectivity index is 2.01. The smallest absolute Gasteiger partial charge is 0.130 e. The number of carbonyl (C=O) groups excluding carboxylic acids is 1. The average Bonchev–Trinajstić information content (AvgIpc) is 2.44. The molecule has 0 radical (unpaired) electrons. The van der Waals surface area contributed by atoms with Crippen LogP contribution in [0.2, 0.25) is 0 Å². The van der Waals surface area contributed by atoms with Crippen LogP contribution in [0, 0.1) is 11.3 Å². The maximum absolute atomic E-state index is 11.2. The van der Waals surface area contributed by atoms with E-state index >= 15 is 0 Å². The quantitative estimate of drug-likeness (QED) is 0.674. The molecule has 0 bridgehead atoms. The molecule has 2 saturated heterocycles. The van der Waals surface area contributed by atoms with Gasteiger partial charge >= 0.3 is 0 Å². The Kier molecular flexibility index (Phi) is 2.62. The molecular formula is C11H19NO2. The van der Waals surface area contributed by atoms with Crippen molar-refractivity contribution >= 4 is 5.78 Å². The first-order valence-electron chi connectivity index (χ1n) is 5.38. The number of Topliss-reactive ketones (excluding diaryl/α,β-unsaturated/α-hetero) is 1. The summed E-state index contributed by atoms with van der Waals surface area (Å²) < 4.78 is 5.32. The molecule has 1 unspecified atom stereocenters. The van der Waals surface area contributed by atoms with Crippen LogP contribution in [-0.4, -0.2) is 44.0 Å². The van der Waals surface area contributed by atoms with Crippen LogP contribution in [0.25, 0.3) is 0 Å². The lowest BCUT2D eigenvalue weighted by molar-refractivity contribution is -0.157. The zero-order chi connectivity index (χ0) is 10.2. The summed E-state index contributed by atoms with van der Waals surface area (Å²) in [4.78, 5) is 13.6. The maximum Gasteiger partial charge on any atom is 0.130 e. The standard InChI is InChI=1S/C11H19NO2/c1-9(13)5-11(7-14-8-11)10-3-4-12(2)6-10/h10H,3-8H2,1-2H3. The van der Waals surface area contributed by atoms with E-state index in [1.54, 1.807) is 6.92 Å². The Bertz CT molecular complexity index is 235. The molecule has 2 heterocycles. The fourth-order valence-corrected chi connectivity index (χ4v) is 2.78. The molecule has 1 atom stereocenters. The second kappa shape index (κ2) is 3.63. The van der Waals surface area contributed by atoms with Gasteiger partial charge in [-0.15, -0.1) is 0 Å². The van der Waals surface area contributed by atoms with Crippen LogP contribution in [0.3, 0.4) is 0 Å². The Morgan fingerprint density at radius 3 is 2.64 bits per heavy atom. The molecule has 0 aromatic heterocycles. The van der Waals surface area contributed by atoms with Gasteiger partial charge in [-0.3, -0.25) is 0 Å². The minimum Gasteiger partial charge on any atom is -0.380 e. The zero-order valence-corrected chi connectivity index (χ0v) is 9.08. The SMILES string of the molecule is CC(=O)CC1(C2CCN(C)C2)COC1. The van der Waals surface area contributed by atoms with Crippen LogP contribution >= 0.6 is 0 Å². The summed E-state index contributed by atoms with van der Waals surface area (Å²) in [6.45, 7) is 5.59. The number of ketones is 1. The Morgan fingerprint density at radius 2 is 2.29 bits per heavy atom. The molecule has 0 aromatic rings. The highest BCUT2D eigenvalue weighted by atomic mass is 16.5. The second-order valence-electron chi connectivity index (χ2n) is 4.98. The van der Waals surface area contributed by atoms with Crippen LogP contribution in [0.1, 0.15) is 19.8 Å². The molecule has 14 heavy (non-hydrogen) atoms. The normalized spacial score (nSPS) is 31.4. The van der Waals surface area contributed by atoms with Crippen molar-refractivity contribution in [2.24, 2.45) is 11.3 Å². The molecule has 2 fully saturated rings. The van der Waals surface area contributed by atoms with Gasteiger partial charge in [0.1, 0.15) is 5.78 Å². The van der Waals surface area contributed by atoms with Crippen LogP contribution in [-0.2, 0) is 9.53 Å². The van der Waals surface area contributed by atoms with Gasteiger partial charge in [0.2, 0.25) is 0 Å². The van der Waals surface area contributed by atoms with Crippen molar-refractivity contribution in [3.8, 4) is 0 Å². The topological polar surface area (TPSA) is 29.5 Å². The highest BCUT2D eigenvalue weighted by Gasteiger charge is 2.47. The van der Waals surface area contributed by atoms with Gasteiger partial charge in [0.15, 0.2) is 0 Å². The number of hydrogen-bond acceptors (Lipinski definition) is 3. The summed E-state index contributed by atoms with van der Waals surface area (Å²) in [5, 5.41) is 0. The zero-order valence-electron chi connectivity index (χ0n) is 9.08. The van der Waals surface area contributed by atoms with Crippen LogP contribution in [0.4, 0.5) is 0 Å². The fraction of sp³-hybridized carbons (Fsp3) is 0.909. The minimum absolute atomic E-state index is 0.191. The number of rotatable bonds is 3. The van der Waals surface area contributed by atoms with Crippen LogP contribution in [0.5, 0.6) is 0 Å². The molecule has 3 nitrogen and oxygen atoms in total. The van der Waals surface area contributed by atoms with Gasteiger partial charge in [0, 0.05) is 18.4 Å². The predicted molar refractivity (Wildman–Crippen MR) is 54.2 cm³/mol. The highest BCUT2D eigenvalue weighted by molar-refractivity contribution is 5.76. The fourth-order valence-electron chi connectivity index (χ4n) is 2.78. The molecule has 0 aromatic carbocycles. The van der Waals surface area contributed by atoms with E-state index in [-0.39, 0.29) is 5.41 Å². The van der Waals surface area contributed by atoms with E-state index in [0.717, 1.165) is 19.8 Å². The van der Waals surface area contributed by atoms with Gasteiger partial charge in [-0.2, -0.15) is 0 Å². The summed E-state index contributed by atoms with van der Waals surface area (Å²) in [6.07, 6.45) is 1.94. The van der Waals surface area contributed by atoms with E-state index in [1.165, 1.54) is 13.0 Å². The Hall–Kier alpha value is -0.410. The van der Waals surface area contributed by atoms with E-state index in [9.17, 15) is 4.79 Å². The molecular weight excluding hydrogens is 178 g/mol. The van der Waals surface area contributed by atoms with E-state index in [2.05, 4.69) is 11.9 Å². The monoisotopic (exact) mass is 197 g/mol. The van der Waals surface area contributed by atoms with Crippen molar-refractivity contribution in [2.75, 3.05) is 33.4 Å². The van der Waals surface area contributed by atoms with Gasteiger partial charge in [-0.05, 0) is 32.9 Å². The molecule has 2 aliphatic heterocycles. The van der Waals surface area contributed by atoms with Crippen LogP contribution in [0.15, 0.2) is 0 Å². The number of hydrogen-bond donors (Lipinski definition) is 0. The molecule has 2 rings (SSSR count). The average molecular weight is 197 g/mol. The van der Waals surface area contributed by atoms with Crippen LogP contribution < -0.4 is 0 Å². The second-order valence-corrected chi connectivity index (χ2v) is 4.98. The largest absolute Gasteiger partial charge is 0.380 e. The van der Waals surface area contributed by atoms with Crippen molar-refractivity contribution in [1.29, 1.82) is 0 Å². The maximum atomic E-state index is 11.2. The molecule has 80 valence electrons. The third kappa shape index (κ3) is 1.71. The van der Waals surface area contributed by atoms with E-state index in [1.807, 2.05) is 0 Å². The predicted octanol–water partition coefficient (Wildman–Crippen LogP) is 0.934. The van der Waals surface area contributed by atoms with Crippen molar-refractivity contribution in [3.63, 3.8) is 0 Å².